The minimum absolute atomic E-state index is 0.730. The molecule has 0 bridgehead atoms. The van der Waals surface area contributed by atoms with Gasteiger partial charge in [0.25, 0.3) is 0 Å². The van der Waals surface area contributed by atoms with E-state index in [1.807, 2.05) is 25.1 Å². The molecule has 24 heavy (non-hydrogen) atoms. The van der Waals surface area contributed by atoms with Gasteiger partial charge in [-0.2, -0.15) is 0 Å². The number of aromatic nitrogens is 2. The molecular formula is C19H25ClN4. The molecule has 1 aliphatic heterocycles. The molecule has 0 spiro atoms. The second-order valence-electron chi connectivity index (χ2n) is 6.66. The fourth-order valence-electron chi connectivity index (χ4n) is 3.23. The van der Waals surface area contributed by atoms with Gasteiger partial charge in [0.1, 0.15) is 17.5 Å². The van der Waals surface area contributed by atoms with Crippen molar-refractivity contribution < 1.29 is 0 Å². The van der Waals surface area contributed by atoms with E-state index in [2.05, 4.69) is 39.2 Å². The molecule has 1 unspecified atom stereocenters. The Kier molecular flexibility index (Phi) is 5.56. The summed E-state index contributed by atoms with van der Waals surface area (Å²) < 4.78 is 0. The predicted molar refractivity (Wildman–Crippen MR) is 101 cm³/mol. The number of hydrogen-bond acceptors (Lipinski definition) is 4. The molecule has 2 aromatic rings. The zero-order valence-electron chi connectivity index (χ0n) is 14.4. The van der Waals surface area contributed by atoms with Crippen LogP contribution < -0.4 is 10.2 Å². The van der Waals surface area contributed by atoms with Crippen molar-refractivity contribution in [2.75, 3.05) is 29.9 Å². The average Bonchev–Trinajstić information content (AvgIpc) is 2.54. The molecule has 3 rings (SSSR count). The second kappa shape index (κ2) is 7.84. The first-order valence-corrected chi connectivity index (χ1v) is 9.07. The fraction of sp³-hybridized carbons (Fsp3) is 0.474. The maximum absolute atomic E-state index is 6.03. The Bertz CT molecular complexity index is 689. The van der Waals surface area contributed by atoms with Crippen molar-refractivity contribution in [3.63, 3.8) is 0 Å². The highest BCUT2D eigenvalue weighted by Crippen LogP contribution is 2.23. The average molecular weight is 345 g/mol. The zero-order chi connectivity index (χ0) is 16.9. The molecule has 1 atom stereocenters. The highest BCUT2D eigenvalue weighted by Gasteiger charge is 2.18. The van der Waals surface area contributed by atoms with Crippen LogP contribution in [-0.4, -0.2) is 29.6 Å². The second-order valence-corrected chi connectivity index (χ2v) is 7.10. The van der Waals surface area contributed by atoms with Gasteiger partial charge in [0, 0.05) is 30.7 Å². The number of halogens is 1. The van der Waals surface area contributed by atoms with Crippen LogP contribution in [-0.2, 0) is 6.42 Å². The quantitative estimate of drug-likeness (QED) is 0.876. The van der Waals surface area contributed by atoms with Gasteiger partial charge in [0.15, 0.2) is 0 Å². The normalized spacial score (nSPS) is 17.8. The van der Waals surface area contributed by atoms with Gasteiger partial charge in [-0.1, -0.05) is 30.7 Å². The number of nitrogens with zero attached hydrogens (tertiary/aromatic N) is 3. The summed E-state index contributed by atoms with van der Waals surface area (Å²) in [6.07, 6.45) is 3.47. The van der Waals surface area contributed by atoms with Gasteiger partial charge in [0.05, 0.1) is 0 Å². The number of nitrogens with one attached hydrogen (secondary N) is 1. The summed E-state index contributed by atoms with van der Waals surface area (Å²) in [6, 6.07) is 10.1. The topological polar surface area (TPSA) is 41.1 Å². The third-order valence-corrected chi connectivity index (χ3v) is 4.65. The standard InChI is InChI=1S/C19H25ClN4/c1-14-5-4-10-24(13-14)19-12-18(22-15(2)23-19)21-9-8-16-6-3-7-17(20)11-16/h3,6-7,11-12,14H,4-5,8-10,13H2,1-2H3,(H,21,22,23). The van der Waals surface area contributed by atoms with E-state index in [4.69, 9.17) is 11.6 Å². The van der Waals surface area contributed by atoms with Crippen LogP contribution in [0.1, 0.15) is 31.2 Å². The number of rotatable bonds is 5. The minimum Gasteiger partial charge on any atom is -0.370 e. The zero-order valence-corrected chi connectivity index (χ0v) is 15.2. The summed E-state index contributed by atoms with van der Waals surface area (Å²) in [4.78, 5) is 11.5. The van der Waals surface area contributed by atoms with E-state index < -0.39 is 0 Å². The molecule has 1 aromatic carbocycles. The van der Waals surface area contributed by atoms with Crippen LogP contribution >= 0.6 is 11.6 Å². The van der Waals surface area contributed by atoms with Gasteiger partial charge < -0.3 is 10.2 Å². The molecule has 128 valence electrons. The van der Waals surface area contributed by atoms with Crippen LogP contribution in [0.25, 0.3) is 0 Å². The highest BCUT2D eigenvalue weighted by atomic mass is 35.5. The Morgan fingerprint density at radius 1 is 1.29 bits per heavy atom. The van der Waals surface area contributed by atoms with E-state index in [-0.39, 0.29) is 0 Å². The summed E-state index contributed by atoms with van der Waals surface area (Å²) in [6.45, 7) is 7.26. The van der Waals surface area contributed by atoms with E-state index in [9.17, 15) is 0 Å². The molecule has 1 saturated heterocycles. The molecule has 4 nitrogen and oxygen atoms in total. The number of aryl methyl sites for hydroxylation is 1. The Labute approximate surface area is 149 Å². The lowest BCUT2D eigenvalue weighted by Crippen LogP contribution is -2.35. The fourth-order valence-corrected chi connectivity index (χ4v) is 3.44. The molecule has 1 aliphatic rings. The van der Waals surface area contributed by atoms with Crippen molar-refractivity contribution in [2.45, 2.75) is 33.1 Å². The van der Waals surface area contributed by atoms with Crippen molar-refractivity contribution in [2.24, 2.45) is 5.92 Å². The molecule has 1 aromatic heterocycles. The van der Waals surface area contributed by atoms with Crippen molar-refractivity contribution in [1.82, 2.24) is 9.97 Å². The Morgan fingerprint density at radius 2 is 2.17 bits per heavy atom. The summed E-state index contributed by atoms with van der Waals surface area (Å²) in [7, 11) is 0. The summed E-state index contributed by atoms with van der Waals surface area (Å²) in [5.41, 5.74) is 1.23. The van der Waals surface area contributed by atoms with Gasteiger partial charge in [-0.25, -0.2) is 9.97 Å². The van der Waals surface area contributed by atoms with Crippen molar-refractivity contribution in [3.05, 3.63) is 46.7 Å². The van der Waals surface area contributed by atoms with Crippen LogP contribution in [0.4, 0.5) is 11.6 Å². The van der Waals surface area contributed by atoms with Crippen LogP contribution in [0.3, 0.4) is 0 Å². The van der Waals surface area contributed by atoms with E-state index >= 15 is 0 Å². The smallest absolute Gasteiger partial charge is 0.134 e. The van der Waals surface area contributed by atoms with Crippen molar-refractivity contribution in [1.29, 1.82) is 0 Å². The number of piperidine rings is 1. The van der Waals surface area contributed by atoms with Gasteiger partial charge >= 0.3 is 0 Å². The highest BCUT2D eigenvalue weighted by molar-refractivity contribution is 6.30. The number of hydrogen-bond donors (Lipinski definition) is 1. The van der Waals surface area contributed by atoms with E-state index in [0.717, 1.165) is 54.5 Å². The first-order chi connectivity index (χ1) is 11.6. The Balaban J connectivity index is 1.63. The molecule has 0 saturated carbocycles. The maximum Gasteiger partial charge on any atom is 0.134 e. The molecule has 0 radical (unpaired) electrons. The van der Waals surface area contributed by atoms with Crippen LogP contribution in [0.5, 0.6) is 0 Å². The van der Waals surface area contributed by atoms with E-state index in [0.29, 0.717) is 0 Å². The van der Waals surface area contributed by atoms with Crippen molar-refractivity contribution in [3.8, 4) is 0 Å². The molecule has 5 heteroatoms. The first kappa shape index (κ1) is 17.0. The molecule has 1 N–H and O–H groups in total. The maximum atomic E-state index is 6.03. The SMILES string of the molecule is Cc1nc(NCCc2cccc(Cl)c2)cc(N2CCCC(C)C2)n1. The molecular weight excluding hydrogens is 320 g/mol. The van der Waals surface area contributed by atoms with Gasteiger partial charge in [-0.15, -0.1) is 0 Å². The molecule has 0 aliphatic carbocycles. The lowest BCUT2D eigenvalue weighted by Gasteiger charge is -2.32. The Hall–Kier alpha value is -1.81. The van der Waals surface area contributed by atoms with Crippen molar-refractivity contribution >= 4 is 23.2 Å². The van der Waals surface area contributed by atoms with Gasteiger partial charge in [-0.3, -0.25) is 0 Å². The lowest BCUT2D eigenvalue weighted by atomic mass is 10.0. The van der Waals surface area contributed by atoms with E-state index in [1.165, 1.54) is 18.4 Å². The summed E-state index contributed by atoms with van der Waals surface area (Å²) >= 11 is 6.03. The first-order valence-electron chi connectivity index (χ1n) is 8.69. The minimum atomic E-state index is 0.730. The van der Waals surface area contributed by atoms with E-state index in [1.54, 1.807) is 0 Å². The van der Waals surface area contributed by atoms with Crippen LogP contribution in [0, 0.1) is 12.8 Å². The largest absolute Gasteiger partial charge is 0.370 e. The molecule has 0 amide bonds. The Morgan fingerprint density at radius 3 is 2.96 bits per heavy atom. The summed E-state index contributed by atoms with van der Waals surface area (Å²) in [5.74, 6) is 3.49. The lowest BCUT2D eigenvalue weighted by molar-refractivity contribution is 0.444. The molecule has 2 heterocycles. The monoisotopic (exact) mass is 344 g/mol. The van der Waals surface area contributed by atoms with Crippen LogP contribution in [0.2, 0.25) is 5.02 Å². The van der Waals surface area contributed by atoms with Crippen LogP contribution in [0.15, 0.2) is 30.3 Å². The molecule has 1 fully saturated rings. The van der Waals surface area contributed by atoms with Gasteiger partial charge in [0.2, 0.25) is 0 Å². The summed E-state index contributed by atoms with van der Waals surface area (Å²) in [5, 5.41) is 4.21. The third-order valence-electron chi connectivity index (χ3n) is 4.41. The number of anilines is 2. The van der Waals surface area contributed by atoms with Gasteiger partial charge in [-0.05, 0) is 49.8 Å². The predicted octanol–water partition coefficient (Wildman–Crippen LogP) is 4.33. The number of benzene rings is 1. The third kappa shape index (κ3) is 4.60.